The number of Topliss-reactive ketones (excluding diaryl/α,β-unsaturated/α-hetero) is 1. The Bertz CT molecular complexity index is 1450. The number of benzene rings is 2. The summed E-state index contributed by atoms with van der Waals surface area (Å²) >= 11 is 0. The molecule has 1 aliphatic heterocycles. The Hall–Kier alpha value is -3.08. The van der Waals surface area contributed by atoms with E-state index in [1.807, 2.05) is 17.9 Å². The highest BCUT2D eigenvalue weighted by Gasteiger charge is 2.56. The zero-order chi connectivity index (χ0) is 29.7. The van der Waals surface area contributed by atoms with Crippen LogP contribution >= 0.6 is 0 Å². The lowest BCUT2D eigenvalue weighted by molar-refractivity contribution is -0.133. The molecule has 5 rings (SSSR count). The van der Waals surface area contributed by atoms with E-state index in [0.29, 0.717) is 55.3 Å². The number of rotatable bonds is 15. The lowest BCUT2D eigenvalue weighted by Gasteiger charge is -2.47. The molecular formula is C32H41N3O6S. The van der Waals surface area contributed by atoms with Gasteiger partial charge in [0, 0.05) is 26.3 Å². The predicted molar refractivity (Wildman–Crippen MR) is 160 cm³/mol. The summed E-state index contributed by atoms with van der Waals surface area (Å²) in [6.07, 6.45) is 4.38. The van der Waals surface area contributed by atoms with Gasteiger partial charge in [-0.05, 0) is 61.6 Å². The molecular weight excluding hydrogens is 554 g/mol. The van der Waals surface area contributed by atoms with Crippen molar-refractivity contribution < 1.29 is 27.2 Å². The molecule has 0 spiro atoms. The van der Waals surface area contributed by atoms with E-state index in [4.69, 9.17) is 14.9 Å². The number of hydrogen-bond donors (Lipinski definition) is 1. The van der Waals surface area contributed by atoms with Crippen LogP contribution in [0.3, 0.4) is 0 Å². The van der Waals surface area contributed by atoms with E-state index in [-0.39, 0.29) is 24.0 Å². The van der Waals surface area contributed by atoms with Gasteiger partial charge in [0.1, 0.15) is 11.1 Å². The third-order valence-corrected chi connectivity index (χ3v) is 10.3. The number of aromatic nitrogens is 1. The van der Waals surface area contributed by atoms with Crippen molar-refractivity contribution >= 4 is 32.6 Å². The number of ketones is 1. The van der Waals surface area contributed by atoms with Gasteiger partial charge in [0.15, 0.2) is 15.4 Å². The van der Waals surface area contributed by atoms with Crippen LogP contribution in [0.25, 0.3) is 11.1 Å². The Morgan fingerprint density at radius 2 is 1.64 bits per heavy atom. The number of nitrogens with zero attached hydrogens (tertiary/aromatic N) is 2. The van der Waals surface area contributed by atoms with Crippen molar-refractivity contribution in [1.29, 1.82) is 0 Å². The SMILES string of the molecule is CCCC(C(=O)c1nc2ccccc2o1)C(CS(=O)(=O)Cc1ccccc1)(C(N)=O)N(CC1CCOCC1)CC1CC1. The second-order valence-electron chi connectivity index (χ2n) is 11.9. The number of nitrogens with two attached hydrogens (primary N) is 1. The van der Waals surface area contributed by atoms with Crippen molar-refractivity contribution in [1.82, 2.24) is 9.88 Å². The largest absolute Gasteiger partial charge is 0.434 e. The van der Waals surface area contributed by atoms with E-state index in [0.717, 1.165) is 25.7 Å². The number of sulfone groups is 1. The van der Waals surface area contributed by atoms with Crippen molar-refractivity contribution in [3.05, 3.63) is 66.1 Å². The topological polar surface area (TPSA) is 133 Å². The van der Waals surface area contributed by atoms with Gasteiger partial charge in [-0.1, -0.05) is 55.8 Å². The minimum atomic E-state index is -3.91. The van der Waals surface area contributed by atoms with Crippen LogP contribution in [0.15, 0.2) is 59.0 Å². The molecule has 0 radical (unpaired) electrons. The molecule has 9 nitrogen and oxygen atoms in total. The first-order valence-electron chi connectivity index (χ1n) is 15.0. The van der Waals surface area contributed by atoms with Crippen LogP contribution in [0, 0.1) is 17.8 Å². The smallest absolute Gasteiger partial charge is 0.264 e. The first-order valence-corrected chi connectivity index (χ1v) is 16.8. The second-order valence-corrected chi connectivity index (χ2v) is 14.0. The first-order chi connectivity index (χ1) is 20.2. The van der Waals surface area contributed by atoms with Gasteiger partial charge < -0.3 is 14.9 Å². The monoisotopic (exact) mass is 595 g/mol. The molecule has 1 aliphatic carbocycles. The number of carbonyl (C=O) groups is 2. The Balaban J connectivity index is 1.62. The number of oxazole rings is 1. The van der Waals surface area contributed by atoms with Gasteiger partial charge in [0.2, 0.25) is 11.7 Å². The lowest BCUT2D eigenvalue weighted by Crippen LogP contribution is -2.68. The van der Waals surface area contributed by atoms with Crippen molar-refractivity contribution in [2.24, 2.45) is 23.5 Å². The fraction of sp³-hybridized carbons (Fsp3) is 0.531. The average Bonchev–Trinajstić information content (AvgIpc) is 3.69. The predicted octanol–water partition coefficient (Wildman–Crippen LogP) is 4.40. The van der Waals surface area contributed by atoms with Gasteiger partial charge in [-0.2, -0.15) is 0 Å². The molecule has 1 aromatic heterocycles. The van der Waals surface area contributed by atoms with Crippen molar-refractivity contribution in [3.8, 4) is 0 Å². The zero-order valence-electron chi connectivity index (χ0n) is 24.2. The number of ether oxygens (including phenoxy) is 1. The zero-order valence-corrected chi connectivity index (χ0v) is 25.1. The van der Waals surface area contributed by atoms with Gasteiger partial charge >= 0.3 is 0 Å². The maximum Gasteiger partial charge on any atom is 0.264 e. The molecule has 2 aromatic carbocycles. The van der Waals surface area contributed by atoms with E-state index >= 15 is 0 Å². The maximum atomic E-state index is 14.4. The maximum absolute atomic E-state index is 14.4. The minimum Gasteiger partial charge on any atom is -0.434 e. The number of carbonyl (C=O) groups excluding carboxylic acids is 2. The van der Waals surface area contributed by atoms with Gasteiger partial charge in [-0.25, -0.2) is 13.4 Å². The summed E-state index contributed by atoms with van der Waals surface area (Å²) in [5.41, 5.74) is 6.14. The molecule has 2 aliphatic rings. The normalized spacial score (nSPS) is 18.6. The van der Waals surface area contributed by atoms with Gasteiger partial charge in [0.25, 0.3) is 5.89 Å². The van der Waals surface area contributed by atoms with Gasteiger partial charge in [-0.3, -0.25) is 14.5 Å². The second kappa shape index (κ2) is 13.1. The van der Waals surface area contributed by atoms with E-state index in [2.05, 4.69) is 4.98 Å². The Morgan fingerprint density at radius 1 is 1.00 bits per heavy atom. The number of primary amides is 1. The number of hydrogen-bond acceptors (Lipinski definition) is 8. The fourth-order valence-electron chi connectivity index (χ4n) is 6.28. The summed E-state index contributed by atoms with van der Waals surface area (Å²) in [6.45, 7) is 4.10. The highest BCUT2D eigenvalue weighted by atomic mass is 32.2. The van der Waals surface area contributed by atoms with E-state index in [1.165, 1.54) is 0 Å². The van der Waals surface area contributed by atoms with E-state index < -0.39 is 38.7 Å². The van der Waals surface area contributed by atoms with Crippen molar-refractivity contribution in [3.63, 3.8) is 0 Å². The van der Waals surface area contributed by atoms with Crippen LogP contribution in [-0.4, -0.2) is 67.6 Å². The molecule has 42 heavy (non-hydrogen) atoms. The molecule has 10 heteroatoms. The number of amides is 1. The lowest BCUT2D eigenvalue weighted by atomic mass is 9.76. The van der Waals surface area contributed by atoms with Crippen LogP contribution in [-0.2, 0) is 25.1 Å². The molecule has 2 heterocycles. The molecule has 226 valence electrons. The Kier molecular flexibility index (Phi) is 9.44. The molecule has 0 bridgehead atoms. The molecule has 2 unspecified atom stereocenters. The van der Waals surface area contributed by atoms with Crippen molar-refractivity contribution in [2.75, 3.05) is 32.1 Å². The van der Waals surface area contributed by atoms with Gasteiger partial charge in [0.05, 0.1) is 17.4 Å². The molecule has 2 atom stereocenters. The van der Waals surface area contributed by atoms with Crippen LogP contribution in [0.4, 0.5) is 0 Å². The highest BCUT2D eigenvalue weighted by Crippen LogP contribution is 2.40. The van der Waals surface area contributed by atoms with E-state index in [1.54, 1.807) is 48.5 Å². The molecule has 2 N–H and O–H groups in total. The number of para-hydroxylation sites is 2. The van der Waals surface area contributed by atoms with Crippen LogP contribution < -0.4 is 5.73 Å². The Labute approximate surface area is 247 Å². The quantitative estimate of drug-likeness (QED) is 0.256. The summed E-state index contributed by atoms with van der Waals surface area (Å²) in [5, 5.41) is 0. The standard InChI is InChI=1S/C32H41N3O6S/c1-2-8-26(29(36)30-34-27-11-6-7-12-28(27)41-30)32(31(33)37,22-42(38,39)21-25-9-4-3-5-10-25)35(19-23-13-14-23)20-24-15-17-40-18-16-24/h3-7,9-12,23-24,26H,2,8,13-22H2,1H3,(H2,33,37). The fourth-order valence-corrected chi connectivity index (χ4v) is 8.28. The molecule has 2 fully saturated rings. The number of fused-ring (bicyclic) bond motifs is 1. The summed E-state index contributed by atoms with van der Waals surface area (Å²) < 4.78 is 39.5. The highest BCUT2D eigenvalue weighted by molar-refractivity contribution is 7.90. The first kappa shape index (κ1) is 30.4. The van der Waals surface area contributed by atoms with Crippen molar-refractivity contribution in [2.45, 2.75) is 56.7 Å². The summed E-state index contributed by atoms with van der Waals surface area (Å²) in [6, 6.07) is 16.0. The summed E-state index contributed by atoms with van der Waals surface area (Å²) in [4.78, 5) is 34.8. The average molecular weight is 596 g/mol. The molecule has 1 amide bonds. The molecule has 1 saturated carbocycles. The Morgan fingerprint density at radius 3 is 2.26 bits per heavy atom. The minimum absolute atomic E-state index is 0.127. The van der Waals surface area contributed by atoms with Crippen LogP contribution in [0.1, 0.15) is 61.7 Å². The third kappa shape index (κ3) is 6.93. The molecule has 3 aromatic rings. The summed E-state index contributed by atoms with van der Waals surface area (Å²) in [5.74, 6) is -2.78. The summed E-state index contributed by atoms with van der Waals surface area (Å²) in [7, 11) is -3.91. The molecule has 1 saturated heterocycles. The third-order valence-electron chi connectivity index (χ3n) is 8.63. The van der Waals surface area contributed by atoms with Crippen LogP contribution in [0.2, 0.25) is 0 Å². The van der Waals surface area contributed by atoms with Gasteiger partial charge in [-0.15, -0.1) is 0 Å². The van der Waals surface area contributed by atoms with E-state index in [9.17, 15) is 18.0 Å². The van der Waals surface area contributed by atoms with Crippen LogP contribution in [0.5, 0.6) is 0 Å².